The highest BCUT2D eigenvalue weighted by molar-refractivity contribution is 5.78. The first kappa shape index (κ1) is 13.4. The smallest absolute Gasteiger partial charge is 0.225 e. The molecule has 0 aromatic rings. The van der Waals surface area contributed by atoms with Gasteiger partial charge in [-0.2, -0.15) is 0 Å². The van der Waals surface area contributed by atoms with Gasteiger partial charge in [0.15, 0.2) is 0 Å². The maximum Gasteiger partial charge on any atom is 0.225 e. The minimum absolute atomic E-state index is 0.0495. The maximum absolute atomic E-state index is 12.0. The van der Waals surface area contributed by atoms with Gasteiger partial charge in [0.2, 0.25) is 5.91 Å². The van der Waals surface area contributed by atoms with Crippen molar-refractivity contribution < 1.29 is 19.4 Å². The summed E-state index contributed by atoms with van der Waals surface area (Å²) in [4.78, 5) is 13.5. The summed E-state index contributed by atoms with van der Waals surface area (Å²) in [7, 11) is 3.25. The highest BCUT2D eigenvalue weighted by Crippen LogP contribution is 2.17. The number of methoxy groups -OCH3 is 1. The average Bonchev–Trinajstić information content (AvgIpc) is 2.29. The lowest BCUT2D eigenvalue weighted by Gasteiger charge is -2.27. The van der Waals surface area contributed by atoms with E-state index >= 15 is 0 Å². The second-order valence-corrected chi connectivity index (χ2v) is 4.21. The third-order valence-corrected chi connectivity index (χ3v) is 2.79. The number of aliphatic hydroxyl groups is 1. The number of aliphatic hydroxyl groups excluding tert-OH is 1. The predicted molar refractivity (Wildman–Crippen MR) is 59.1 cm³/mol. The van der Waals surface area contributed by atoms with Crippen LogP contribution >= 0.6 is 0 Å². The zero-order chi connectivity index (χ0) is 12.0. The summed E-state index contributed by atoms with van der Waals surface area (Å²) >= 11 is 0. The van der Waals surface area contributed by atoms with Crippen LogP contribution in [0.2, 0.25) is 0 Å². The number of carbonyl (C=O) groups excluding carboxylic acids is 1. The summed E-state index contributed by atoms with van der Waals surface area (Å²) in [6.07, 6.45) is 0.950. The predicted octanol–water partition coefficient (Wildman–Crippen LogP) is -0.121. The van der Waals surface area contributed by atoms with E-state index in [-0.39, 0.29) is 18.4 Å². The SMILES string of the molecule is COCC(O)CN(C)C(=O)C1CCOCC1. The van der Waals surface area contributed by atoms with Crippen LogP contribution in [0.25, 0.3) is 0 Å². The molecule has 5 nitrogen and oxygen atoms in total. The molecule has 94 valence electrons. The fourth-order valence-electron chi connectivity index (χ4n) is 1.91. The number of carbonyl (C=O) groups is 1. The molecule has 1 rings (SSSR count). The number of amides is 1. The summed E-state index contributed by atoms with van der Waals surface area (Å²) in [6.45, 7) is 1.89. The standard InChI is InChI=1S/C11H21NO4/c1-12(7-10(13)8-15-2)11(14)9-3-5-16-6-4-9/h9-10,13H,3-8H2,1-2H3. The first-order valence-corrected chi connectivity index (χ1v) is 5.65. The molecule has 1 N–H and O–H groups in total. The molecule has 5 heteroatoms. The molecule has 1 amide bonds. The quantitative estimate of drug-likeness (QED) is 0.716. The Balaban J connectivity index is 2.34. The molecule has 0 aromatic heterocycles. The molecule has 1 saturated heterocycles. The van der Waals surface area contributed by atoms with E-state index in [0.717, 1.165) is 12.8 Å². The molecule has 1 heterocycles. The van der Waals surface area contributed by atoms with Crippen LogP contribution in [0, 0.1) is 5.92 Å². The number of ether oxygens (including phenoxy) is 2. The Bertz CT molecular complexity index is 216. The van der Waals surface area contributed by atoms with E-state index in [4.69, 9.17) is 9.47 Å². The summed E-state index contributed by atoms with van der Waals surface area (Å²) in [5.74, 6) is 0.145. The first-order valence-electron chi connectivity index (χ1n) is 5.65. The van der Waals surface area contributed by atoms with Crippen molar-refractivity contribution in [3.8, 4) is 0 Å². The van der Waals surface area contributed by atoms with Crippen molar-refractivity contribution in [3.05, 3.63) is 0 Å². The number of nitrogens with zero attached hydrogens (tertiary/aromatic N) is 1. The van der Waals surface area contributed by atoms with Gasteiger partial charge in [-0.25, -0.2) is 0 Å². The van der Waals surface area contributed by atoms with Gasteiger partial charge in [0.25, 0.3) is 0 Å². The zero-order valence-corrected chi connectivity index (χ0v) is 10.0. The molecule has 0 aliphatic carbocycles. The van der Waals surface area contributed by atoms with Gasteiger partial charge in [0.05, 0.1) is 12.7 Å². The van der Waals surface area contributed by atoms with Gasteiger partial charge < -0.3 is 19.5 Å². The second-order valence-electron chi connectivity index (χ2n) is 4.21. The molecule has 1 atom stereocenters. The fraction of sp³-hybridized carbons (Fsp3) is 0.909. The van der Waals surface area contributed by atoms with Crippen LogP contribution in [0.3, 0.4) is 0 Å². The molecule has 16 heavy (non-hydrogen) atoms. The van der Waals surface area contributed by atoms with Crippen LogP contribution in [0.5, 0.6) is 0 Å². The summed E-state index contributed by atoms with van der Waals surface area (Å²) in [5, 5.41) is 9.52. The lowest BCUT2D eigenvalue weighted by Crippen LogP contribution is -2.41. The molecule has 0 spiro atoms. The topological polar surface area (TPSA) is 59.0 Å². The van der Waals surface area contributed by atoms with Crippen LogP contribution in [-0.2, 0) is 14.3 Å². The molecular weight excluding hydrogens is 210 g/mol. The second kappa shape index (κ2) is 6.83. The lowest BCUT2D eigenvalue weighted by molar-refractivity contribution is -0.138. The Morgan fingerprint density at radius 3 is 2.75 bits per heavy atom. The van der Waals surface area contributed by atoms with Gasteiger partial charge >= 0.3 is 0 Å². The minimum atomic E-state index is -0.612. The molecule has 0 saturated carbocycles. The van der Waals surface area contributed by atoms with Gasteiger partial charge in [0.1, 0.15) is 0 Å². The van der Waals surface area contributed by atoms with Crippen LogP contribution in [0.4, 0.5) is 0 Å². The van der Waals surface area contributed by atoms with E-state index < -0.39 is 6.10 Å². The fourth-order valence-corrected chi connectivity index (χ4v) is 1.91. The number of likely N-dealkylation sites (N-methyl/N-ethyl adjacent to an activating group) is 1. The lowest BCUT2D eigenvalue weighted by atomic mass is 9.99. The first-order chi connectivity index (χ1) is 7.65. The Morgan fingerprint density at radius 1 is 1.56 bits per heavy atom. The van der Waals surface area contributed by atoms with Crippen LogP contribution in [-0.4, -0.2) is 62.5 Å². The van der Waals surface area contributed by atoms with Crippen molar-refractivity contribution in [1.82, 2.24) is 4.90 Å². The van der Waals surface area contributed by atoms with Crippen LogP contribution in [0.15, 0.2) is 0 Å². The number of hydrogen-bond donors (Lipinski definition) is 1. The summed E-state index contributed by atoms with van der Waals surface area (Å²) in [5.41, 5.74) is 0. The third kappa shape index (κ3) is 4.08. The van der Waals surface area contributed by atoms with E-state index in [9.17, 15) is 9.90 Å². The van der Waals surface area contributed by atoms with E-state index in [2.05, 4.69) is 0 Å². The van der Waals surface area contributed by atoms with Gasteiger partial charge in [0, 0.05) is 39.8 Å². The molecular formula is C11H21NO4. The van der Waals surface area contributed by atoms with Crippen molar-refractivity contribution in [2.75, 3.05) is 40.5 Å². The Labute approximate surface area is 96.3 Å². The molecule has 1 aliphatic rings. The largest absolute Gasteiger partial charge is 0.389 e. The van der Waals surface area contributed by atoms with Crippen LogP contribution in [0.1, 0.15) is 12.8 Å². The molecule has 0 bridgehead atoms. The minimum Gasteiger partial charge on any atom is -0.389 e. The summed E-state index contributed by atoms with van der Waals surface area (Å²) < 4.78 is 10.0. The zero-order valence-electron chi connectivity index (χ0n) is 10.0. The Kier molecular flexibility index (Phi) is 5.73. The average molecular weight is 231 g/mol. The number of rotatable bonds is 5. The van der Waals surface area contributed by atoms with Crippen molar-refractivity contribution in [3.63, 3.8) is 0 Å². The molecule has 0 aromatic carbocycles. The number of hydrogen-bond acceptors (Lipinski definition) is 4. The summed E-state index contributed by atoms with van der Waals surface area (Å²) in [6, 6.07) is 0. The Hall–Kier alpha value is -0.650. The van der Waals surface area contributed by atoms with Gasteiger partial charge in [-0.05, 0) is 12.8 Å². The molecule has 1 unspecified atom stereocenters. The van der Waals surface area contributed by atoms with E-state index in [1.54, 1.807) is 11.9 Å². The molecule has 1 fully saturated rings. The van der Waals surface area contributed by atoms with Crippen molar-refractivity contribution in [2.45, 2.75) is 18.9 Å². The van der Waals surface area contributed by atoms with E-state index in [1.807, 2.05) is 0 Å². The van der Waals surface area contributed by atoms with Crippen molar-refractivity contribution >= 4 is 5.91 Å². The van der Waals surface area contributed by atoms with Gasteiger partial charge in [-0.1, -0.05) is 0 Å². The van der Waals surface area contributed by atoms with Crippen molar-refractivity contribution in [2.24, 2.45) is 5.92 Å². The third-order valence-electron chi connectivity index (χ3n) is 2.79. The maximum atomic E-state index is 12.0. The van der Waals surface area contributed by atoms with Crippen LogP contribution < -0.4 is 0 Å². The Morgan fingerprint density at radius 2 is 2.19 bits per heavy atom. The molecule has 0 radical (unpaired) electrons. The van der Waals surface area contributed by atoms with Gasteiger partial charge in [-0.15, -0.1) is 0 Å². The van der Waals surface area contributed by atoms with Gasteiger partial charge in [-0.3, -0.25) is 4.79 Å². The highest BCUT2D eigenvalue weighted by Gasteiger charge is 2.25. The normalized spacial score (nSPS) is 19.4. The molecule has 1 aliphatic heterocycles. The van der Waals surface area contributed by atoms with Crippen molar-refractivity contribution in [1.29, 1.82) is 0 Å². The highest BCUT2D eigenvalue weighted by atomic mass is 16.5. The van der Waals surface area contributed by atoms with E-state index in [0.29, 0.717) is 19.8 Å². The van der Waals surface area contributed by atoms with E-state index in [1.165, 1.54) is 7.11 Å². The monoisotopic (exact) mass is 231 g/mol.